The predicted molar refractivity (Wildman–Crippen MR) is 375 cm³/mol. The fourth-order valence-corrected chi connectivity index (χ4v) is 13.2. The SMILES string of the molecule is CC(=O)OCCBr.CCn1c(-c2ccc(N(CCO)S(C)(=O)=O)cc2)c(C#N)c2ccc(C)cc21.CCn1c(-c2ccc(N(CCOC(C)=O)S(C)(=O)=O)cc2)c(C#N)c2ccc(C)cc21.CCn1c(-c2ccc(NS(C)(=O)=O)cc2)c(C#N)c2ccc(C)cc21.[2H]CF.[H-].[Li+].[Na+].[OH-]. The fraction of sp³-hybridized carbons (Fsp3) is 0.309. The molecule has 0 amide bonds. The largest absolute Gasteiger partial charge is 1.00 e. The number of carbonyl (C=O) groups is 2. The van der Waals surface area contributed by atoms with Gasteiger partial charge in [0.2, 0.25) is 30.1 Å². The maximum absolute atomic E-state index is 12.3. The predicted octanol–water partition coefficient (Wildman–Crippen LogP) is 6.46. The summed E-state index contributed by atoms with van der Waals surface area (Å²) in [5.41, 5.74) is 14.8. The van der Waals surface area contributed by atoms with Crippen molar-refractivity contribution in [2.24, 2.45) is 0 Å². The van der Waals surface area contributed by atoms with Crippen molar-refractivity contribution in [3.63, 3.8) is 0 Å². The Balaban J connectivity index is 0.000000675. The van der Waals surface area contributed by atoms with Gasteiger partial charge in [0.15, 0.2) is 0 Å². The summed E-state index contributed by atoms with van der Waals surface area (Å²) in [5, 5.41) is 42.0. The molecule has 0 radical (unpaired) electrons. The summed E-state index contributed by atoms with van der Waals surface area (Å²) >= 11 is 3.10. The number of nitrogens with one attached hydrogen (secondary N) is 1. The van der Waals surface area contributed by atoms with E-state index in [0.717, 1.165) is 108 Å². The molecule has 0 aliphatic rings. The Kier molecular flexibility index (Phi) is 33.2. The Bertz CT molecular complexity index is 4660. The van der Waals surface area contributed by atoms with Gasteiger partial charge in [-0.2, -0.15) is 15.8 Å². The number of sulfonamides is 3. The molecule has 9 rings (SSSR count). The van der Waals surface area contributed by atoms with E-state index in [9.17, 15) is 60.1 Å². The third kappa shape index (κ3) is 21.5. The van der Waals surface area contributed by atoms with Crippen molar-refractivity contribution >= 4 is 108 Å². The molecule has 0 bridgehead atoms. The van der Waals surface area contributed by atoms with Gasteiger partial charge in [0.25, 0.3) is 0 Å². The molecule has 0 saturated carbocycles. The van der Waals surface area contributed by atoms with E-state index in [2.05, 4.69) is 75.5 Å². The Morgan fingerprint density at radius 3 is 1.14 bits per heavy atom. The number of halogens is 2. The maximum atomic E-state index is 12.3. The van der Waals surface area contributed by atoms with Crippen molar-refractivity contribution in [2.45, 2.75) is 75.0 Å². The van der Waals surface area contributed by atoms with Gasteiger partial charge >= 0.3 is 60.4 Å². The second-order valence-corrected chi connectivity index (χ2v) is 27.5. The van der Waals surface area contributed by atoms with Crippen LogP contribution >= 0.6 is 15.9 Å². The van der Waals surface area contributed by atoms with Crippen LogP contribution in [0.5, 0.6) is 0 Å². The number of benzene rings is 6. The van der Waals surface area contributed by atoms with Crippen LogP contribution in [0.3, 0.4) is 0 Å². The molecule has 0 unspecified atom stereocenters. The molecule has 21 nitrogen and oxygen atoms in total. The number of alkyl halides is 2. The van der Waals surface area contributed by atoms with E-state index in [-0.39, 0.29) is 87.6 Å². The van der Waals surface area contributed by atoms with Crippen LogP contribution in [0, 0.1) is 54.8 Å². The number of fused-ring (bicyclic) bond motifs is 3. The summed E-state index contributed by atoms with van der Waals surface area (Å²) in [6.07, 6.45) is 3.34. The number of esters is 2. The van der Waals surface area contributed by atoms with Gasteiger partial charge in [-0.1, -0.05) is 88.7 Å². The molecule has 3 heterocycles. The summed E-state index contributed by atoms with van der Waals surface area (Å²) in [5.74, 6) is -0.685. The molecule has 3 aromatic heterocycles. The number of aliphatic hydroxyl groups excluding tert-OH is 1. The van der Waals surface area contributed by atoms with Crippen LogP contribution in [0.1, 0.15) is 70.8 Å². The summed E-state index contributed by atoms with van der Waals surface area (Å²) in [7, 11) is -11.4. The standard InChI is InChI=1S/C23H25N3O4S.C21H23N3O3S.C19H19N3O2S.C4H7BrO2.CH3F.Li.Na.H2O.H/c1-5-25-22-14-16(2)6-11-20(22)21(15-24)23(25)18-7-9-19(10-8-18)26(31(4,28)29)12-13-30-17(3)27;1-4-23-20-13-15(2)5-10-18(20)19(14-22)21(23)16-6-8-17(9-7-16)24(11-12-25)28(3,26)27;1-4-22-18-11-13(2)5-10-16(18)17(12-20)19(22)14-6-8-15(9-7-14)21-25(3,23)24;1-4(6)7-3-2-5;1-2;;;;/h6-11,14H,5,12-13H2,1-4H3;5-10,13,25H,4,11-12H2,1-3H3;5-11,21H,4H2,1-3H3;2-3H2,1H3;1H3;;;1H2;/q;;;;;2*+1;;-1/p-1/i;;;;1D;;;;. The number of aliphatic hydroxyl groups is 1. The average Bonchev–Trinajstić information content (AvgIpc) is 1.62. The zero-order valence-corrected chi connectivity index (χ0v) is 62.3. The molecule has 3 N–H and O–H groups in total. The molecule has 6 aromatic carbocycles. The van der Waals surface area contributed by atoms with E-state index < -0.39 is 43.2 Å². The number of carbonyl (C=O) groups excluding carboxylic acids is 2. The molecular formula is C68H79BrFLiN9NaO12S3. The van der Waals surface area contributed by atoms with Gasteiger partial charge in [0, 0.05) is 60.7 Å². The Labute approximate surface area is 608 Å². The molecule has 0 aliphatic carbocycles. The zero-order valence-electron chi connectivity index (χ0n) is 58.2. The Morgan fingerprint density at radius 2 is 0.885 bits per heavy atom. The summed E-state index contributed by atoms with van der Waals surface area (Å²) < 4.78 is 107. The Morgan fingerprint density at radius 1 is 0.583 bits per heavy atom. The number of hydrogen-bond acceptors (Lipinski definition) is 15. The van der Waals surface area contributed by atoms with Crippen molar-refractivity contribution in [3.05, 3.63) is 161 Å². The minimum absolute atomic E-state index is 0. The minimum atomic E-state index is -3.56. The number of hydrogen-bond donors (Lipinski definition) is 2. The van der Waals surface area contributed by atoms with E-state index >= 15 is 0 Å². The number of rotatable bonds is 19. The van der Waals surface area contributed by atoms with E-state index in [0.29, 0.717) is 58.8 Å². The summed E-state index contributed by atoms with van der Waals surface area (Å²) in [6.45, 7) is 17.2. The van der Waals surface area contributed by atoms with Gasteiger partial charge in [-0.05, 0) is 130 Å². The molecule has 28 heteroatoms. The summed E-state index contributed by atoms with van der Waals surface area (Å²) in [6, 6.07) is 46.3. The third-order valence-electron chi connectivity index (χ3n) is 14.3. The fourth-order valence-electron chi connectivity index (χ4n) is 10.6. The van der Waals surface area contributed by atoms with Crippen molar-refractivity contribution in [1.82, 2.24) is 13.7 Å². The normalized spacial score (nSPS) is 10.8. The van der Waals surface area contributed by atoms with E-state index in [1.807, 2.05) is 114 Å². The summed E-state index contributed by atoms with van der Waals surface area (Å²) in [4.78, 5) is 21.0. The minimum Gasteiger partial charge on any atom is -1.00 e. The third-order valence-corrected chi connectivity index (χ3v) is 17.7. The van der Waals surface area contributed by atoms with Gasteiger partial charge in [-0.15, -0.1) is 0 Å². The van der Waals surface area contributed by atoms with Gasteiger partial charge in [-0.25, -0.2) is 25.3 Å². The molecule has 0 aliphatic heterocycles. The van der Waals surface area contributed by atoms with E-state index in [1.165, 1.54) is 22.5 Å². The van der Waals surface area contributed by atoms with Crippen LogP contribution in [0.25, 0.3) is 66.5 Å². The zero-order chi connectivity index (χ0) is 69.8. The van der Waals surface area contributed by atoms with Crippen molar-refractivity contribution in [1.29, 1.82) is 15.8 Å². The topological polar surface area (TPSA) is 310 Å². The molecule has 0 atom stereocenters. The van der Waals surface area contributed by atoms with Crippen LogP contribution in [0.15, 0.2) is 127 Å². The quantitative estimate of drug-likeness (QED) is 0.0499. The Hall–Kier alpha value is -7.47. The number of anilines is 3. The van der Waals surface area contributed by atoms with Gasteiger partial charge in [0.05, 0.1) is 109 Å². The number of nitriles is 3. The maximum Gasteiger partial charge on any atom is 1.00 e. The van der Waals surface area contributed by atoms with Crippen LogP contribution < -0.4 is 61.8 Å². The van der Waals surface area contributed by atoms with Crippen LogP contribution in [-0.2, 0) is 68.8 Å². The smallest absolute Gasteiger partial charge is 1.00 e. The van der Waals surface area contributed by atoms with Crippen LogP contribution in [-0.4, -0.2) is 126 Å². The molecule has 9 aromatic rings. The van der Waals surface area contributed by atoms with Gasteiger partial charge in [-0.3, -0.25) is 27.3 Å². The molecular weight excluding hydrogens is 1360 g/mol. The number of ether oxygens (including phenoxy) is 2. The average molecular weight is 1440 g/mol. The van der Waals surface area contributed by atoms with Crippen molar-refractivity contribution < 1.29 is 111 Å². The second kappa shape index (κ2) is 38.5. The van der Waals surface area contributed by atoms with Gasteiger partial charge in [0.1, 0.15) is 31.4 Å². The number of nitrogens with zero attached hydrogens (tertiary/aromatic N) is 8. The van der Waals surface area contributed by atoms with Crippen molar-refractivity contribution in [2.75, 3.05) is 77.5 Å². The molecule has 0 saturated heterocycles. The van der Waals surface area contributed by atoms with Crippen LogP contribution in [0.4, 0.5) is 21.5 Å². The second-order valence-electron chi connectivity index (χ2n) is 21.1. The number of aryl methyl sites for hydroxylation is 6. The molecule has 96 heavy (non-hydrogen) atoms. The molecule has 502 valence electrons. The van der Waals surface area contributed by atoms with E-state index in [4.69, 9.17) is 6.11 Å². The first-order chi connectivity index (χ1) is 44.5. The first kappa shape index (κ1) is 82.8. The first-order valence-electron chi connectivity index (χ1n) is 29.8. The number of aromatic nitrogens is 3. The van der Waals surface area contributed by atoms with Gasteiger partial charge < -0.3 is 35.2 Å². The monoisotopic (exact) mass is 1440 g/mol. The van der Waals surface area contributed by atoms with E-state index in [1.54, 1.807) is 36.4 Å². The van der Waals surface area contributed by atoms with Crippen LogP contribution in [0.2, 0.25) is 0 Å². The molecule has 0 spiro atoms. The molecule has 0 fully saturated rings. The first-order valence-corrected chi connectivity index (χ1v) is 35.8. The van der Waals surface area contributed by atoms with Crippen molar-refractivity contribution in [3.8, 4) is 52.0 Å².